The van der Waals surface area contributed by atoms with Crippen molar-refractivity contribution < 1.29 is 19.1 Å². The molecular formula is C27H35N3O4. The van der Waals surface area contributed by atoms with Gasteiger partial charge in [-0.1, -0.05) is 51.8 Å². The van der Waals surface area contributed by atoms with Crippen molar-refractivity contribution in [3.63, 3.8) is 0 Å². The number of carbonyl (C=O) groups is 2. The van der Waals surface area contributed by atoms with Gasteiger partial charge in [0.15, 0.2) is 11.5 Å². The van der Waals surface area contributed by atoms with Crippen LogP contribution in [-0.4, -0.2) is 35.6 Å². The molecular weight excluding hydrogens is 430 g/mol. The first-order valence-electron chi connectivity index (χ1n) is 12.1. The van der Waals surface area contributed by atoms with Gasteiger partial charge in [0.2, 0.25) is 12.7 Å². The van der Waals surface area contributed by atoms with Crippen molar-refractivity contribution in [2.45, 2.75) is 71.5 Å². The van der Waals surface area contributed by atoms with Gasteiger partial charge in [0.25, 0.3) is 5.91 Å². The maximum atomic E-state index is 13.4. The van der Waals surface area contributed by atoms with Gasteiger partial charge in [-0.25, -0.2) is 0 Å². The Bertz CT molecular complexity index is 1050. The quantitative estimate of drug-likeness (QED) is 0.645. The largest absolute Gasteiger partial charge is 0.454 e. The van der Waals surface area contributed by atoms with Gasteiger partial charge in [-0.3, -0.25) is 9.59 Å². The second-order valence-corrected chi connectivity index (χ2v) is 10.5. The Kier molecular flexibility index (Phi) is 7.12. The Morgan fingerprint density at radius 3 is 2.56 bits per heavy atom. The zero-order valence-corrected chi connectivity index (χ0v) is 20.3. The van der Waals surface area contributed by atoms with E-state index in [0.29, 0.717) is 35.7 Å². The predicted molar refractivity (Wildman–Crippen MR) is 132 cm³/mol. The number of para-hydroxylation sites is 1. The van der Waals surface area contributed by atoms with E-state index in [1.807, 2.05) is 29.2 Å². The van der Waals surface area contributed by atoms with Crippen LogP contribution in [0.5, 0.6) is 11.5 Å². The summed E-state index contributed by atoms with van der Waals surface area (Å²) in [6.07, 6.45) is 4.44. The maximum Gasteiger partial charge on any atom is 0.255 e. The fraction of sp³-hybridized carbons (Fsp3) is 0.481. The van der Waals surface area contributed by atoms with Gasteiger partial charge < -0.3 is 25.4 Å². The van der Waals surface area contributed by atoms with Crippen LogP contribution >= 0.6 is 0 Å². The molecule has 2 amide bonds. The van der Waals surface area contributed by atoms with Crippen LogP contribution in [0.15, 0.2) is 42.5 Å². The van der Waals surface area contributed by atoms with E-state index in [-0.39, 0.29) is 36.1 Å². The van der Waals surface area contributed by atoms with Crippen LogP contribution in [0, 0.1) is 5.41 Å². The first-order valence-corrected chi connectivity index (χ1v) is 12.1. The summed E-state index contributed by atoms with van der Waals surface area (Å²) >= 11 is 0. The Hall–Kier alpha value is -3.06. The molecule has 1 fully saturated rings. The lowest BCUT2D eigenvalue weighted by Crippen LogP contribution is -2.52. The van der Waals surface area contributed by atoms with Gasteiger partial charge in [-0.15, -0.1) is 0 Å². The van der Waals surface area contributed by atoms with Gasteiger partial charge >= 0.3 is 0 Å². The summed E-state index contributed by atoms with van der Waals surface area (Å²) in [7, 11) is 0. The average molecular weight is 466 g/mol. The highest BCUT2D eigenvalue weighted by molar-refractivity contribution is 6.05. The van der Waals surface area contributed by atoms with Crippen LogP contribution in [0.1, 0.15) is 68.8 Å². The minimum absolute atomic E-state index is 0.00113. The molecule has 0 aromatic heterocycles. The number of ether oxygens (including phenoxy) is 2. The number of nitrogens with two attached hydrogens (primary N) is 1. The third-order valence-corrected chi connectivity index (χ3v) is 6.42. The lowest BCUT2D eigenvalue weighted by atomic mass is 9.87. The molecule has 2 aliphatic rings. The molecule has 0 spiro atoms. The fourth-order valence-corrected chi connectivity index (χ4v) is 4.67. The van der Waals surface area contributed by atoms with Crippen molar-refractivity contribution in [1.29, 1.82) is 0 Å². The van der Waals surface area contributed by atoms with E-state index in [1.165, 1.54) is 0 Å². The van der Waals surface area contributed by atoms with Crippen molar-refractivity contribution in [3.8, 4) is 11.5 Å². The Morgan fingerprint density at radius 1 is 1.06 bits per heavy atom. The molecule has 2 atom stereocenters. The molecule has 0 radical (unpaired) electrons. The van der Waals surface area contributed by atoms with Crippen LogP contribution in [0.25, 0.3) is 0 Å². The van der Waals surface area contributed by atoms with Crippen LogP contribution in [0.3, 0.4) is 0 Å². The molecule has 1 aliphatic heterocycles. The van der Waals surface area contributed by atoms with Crippen LogP contribution < -0.4 is 20.5 Å². The standard InChI is InChI=1S/C27H35N3O4/c1-27(2,3)15-25(31)30(22-11-7-5-9-20(22)28)16-19-8-4-6-10-21(19)29-26(32)18-12-13-23-24(14-18)34-17-33-23/h4,6,8,10,12-14,20,22H,5,7,9,11,15-17,28H2,1-3H3,(H,29,32). The van der Waals surface area contributed by atoms with Gasteiger partial charge in [0.1, 0.15) is 0 Å². The van der Waals surface area contributed by atoms with Gasteiger partial charge in [0, 0.05) is 36.3 Å². The molecule has 2 aromatic rings. The lowest BCUT2D eigenvalue weighted by Gasteiger charge is -2.40. The van der Waals surface area contributed by atoms with E-state index in [4.69, 9.17) is 15.2 Å². The normalized spacial score (nSPS) is 19.5. The Labute approximate surface area is 201 Å². The summed E-state index contributed by atoms with van der Waals surface area (Å²) in [5.74, 6) is 1.05. The van der Waals surface area contributed by atoms with E-state index < -0.39 is 0 Å². The number of amides is 2. The van der Waals surface area contributed by atoms with Crippen LogP contribution in [0.2, 0.25) is 0 Å². The number of rotatable bonds is 6. The molecule has 182 valence electrons. The average Bonchev–Trinajstić information content (AvgIpc) is 3.26. The van der Waals surface area contributed by atoms with E-state index in [2.05, 4.69) is 26.1 Å². The van der Waals surface area contributed by atoms with E-state index in [0.717, 1.165) is 31.2 Å². The third-order valence-electron chi connectivity index (χ3n) is 6.42. The summed E-state index contributed by atoms with van der Waals surface area (Å²) < 4.78 is 10.7. The first-order chi connectivity index (χ1) is 16.2. The number of hydrogen-bond acceptors (Lipinski definition) is 5. The molecule has 0 bridgehead atoms. The van der Waals surface area contributed by atoms with Gasteiger partial charge in [0.05, 0.1) is 0 Å². The Balaban J connectivity index is 1.56. The molecule has 1 saturated carbocycles. The maximum absolute atomic E-state index is 13.4. The monoisotopic (exact) mass is 465 g/mol. The van der Waals surface area contributed by atoms with Crippen molar-refractivity contribution in [2.24, 2.45) is 11.1 Å². The molecule has 7 nitrogen and oxygen atoms in total. The minimum Gasteiger partial charge on any atom is -0.454 e. The molecule has 2 unspecified atom stereocenters. The predicted octanol–water partition coefficient (Wildman–Crippen LogP) is 4.70. The summed E-state index contributed by atoms with van der Waals surface area (Å²) in [5, 5.41) is 3.02. The second-order valence-electron chi connectivity index (χ2n) is 10.5. The molecule has 34 heavy (non-hydrogen) atoms. The summed E-state index contributed by atoms with van der Waals surface area (Å²) in [6, 6.07) is 12.7. The molecule has 1 heterocycles. The highest BCUT2D eigenvalue weighted by Gasteiger charge is 2.33. The highest BCUT2D eigenvalue weighted by atomic mass is 16.7. The number of nitrogens with one attached hydrogen (secondary N) is 1. The highest BCUT2D eigenvalue weighted by Crippen LogP contribution is 2.33. The summed E-state index contributed by atoms with van der Waals surface area (Å²) in [6.45, 7) is 6.78. The molecule has 4 rings (SSSR count). The number of carbonyl (C=O) groups excluding carboxylic acids is 2. The number of hydrogen-bond donors (Lipinski definition) is 2. The van der Waals surface area contributed by atoms with Crippen molar-refractivity contribution in [3.05, 3.63) is 53.6 Å². The SMILES string of the molecule is CC(C)(C)CC(=O)N(Cc1ccccc1NC(=O)c1ccc2c(c1)OCO2)C1CCCCC1N. The molecule has 2 aromatic carbocycles. The number of benzene rings is 2. The molecule has 7 heteroatoms. The molecule has 0 saturated heterocycles. The molecule has 3 N–H and O–H groups in total. The minimum atomic E-state index is -0.243. The topological polar surface area (TPSA) is 93.9 Å². The van der Waals surface area contributed by atoms with Gasteiger partial charge in [-0.2, -0.15) is 0 Å². The van der Waals surface area contributed by atoms with Crippen molar-refractivity contribution >= 4 is 17.5 Å². The number of nitrogens with zero attached hydrogens (tertiary/aromatic N) is 1. The summed E-state index contributed by atoms with van der Waals surface area (Å²) in [5.41, 5.74) is 8.41. The first kappa shape index (κ1) is 24.1. The second kappa shape index (κ2) is 10.1. The zero-order chi connectivity index (χ0) is 24.3. The van der Waals surface area contributed by atoms with E-state index in [1.54, 1.807) is 18.2 Å². The lowest BCUT2D eigenvalue weighted by molar-refractivity contribution is -0.137. The van der Waals surface area contributed by atoms with Gasteiger partial charge in [-0.05, 0) is 48.1 Å². The van der Waals surface area contributed by atoms with Crippen molar-refractivity contribution in [2.75, 3.05) is 12.1 Å². The van der Waals surface area contributed by atoms with E-state index in [9.17, 15) is 9.59 Å². The Morgan fingerprint density at radius 2 is 1.79 bits per heavy atom. The van der Waals surface area contributed by atoms with Crippen LogP contribution in [0.4, 0.5) is 5.69 Å². The zero-order valence-electron chi connectivity index (χ0n) is 20.3. The smallest absolute Gasteiger partial charge is 0.255 e. The van der Waals surface area contributed by atoms with Crippen molar-refractivity contribution in [1.82, 2.24) is 4.90 Å². The fourth-order valence-electron chi connectivity index (χ4n) is 4.67. The van der Waals surface area contributed by atoms with E-state index >= 15 is 0 Å². The van der Waals surface area contributed by atoms with Crippen LogP contribution in [-0.2, 0) is 11.3 Å². The number of anilines is 1. The third kappa shape index (κ3) is 5.70. The molecule has 1 aliphatic carbocycles. The number of fused-ring (bicyclic) bond motifs is 1. The summed E-state index contributed by atoms with van der Waals surface area (Å²) in [4.78, 5) is 28.4.